The molecule has 2 aromatic rings. The van der Waals surface area contributed by atoms with Crippen LogP contribution < -0.4 is 0 Å². The Hall–Kier alpha value is -1.24. The third kappa shape index (κ3) is 8.11. The Morgan fingerprint density at radius 2 is 1.41 bits per heavy atom. The molecule has 0 saturated heterocycles. The average molecular weight is 431 g/mol. The molecule has 0 aromatic heterocycles. The minimum atomic E-state index is -0.681. The molecular weight excluding hydrogens is 403 g/mol. The first-order valence-corrected chi connectivity index (χ1v) is 10.6. The number of rotatable bonds is 4. The van der Waals surface area contributed by atoms with E-state index in [1.165, 1.54) is 12.1 Å². The lowest BCUT2D eigenvalue weighted by Crippen LogP contribution is -2.27. The lowest BCUT2D eigenvalue weighted by atomic mass is 9.97. The fourth-order valence-corrected chi connectivity index (χ4v) is 3.46. The summed E-state index contributed by atoms with van der Waals surface area (Å²) in [5, 5.41) is 28.9. The minimum Gasteiger partial charge on any atom is -0.508 e. The SMILES string of the molecule is CC(C)(C)[SiH2]OC(C)(C)c1cc(Cl)ccc1O.OCc1cc(Cl)ccc1O. The molecule has 2 rings (SSSR count). The van der Waals surface area contributed by atoms with Crippen LogP contribution in [0.25, 0.3) is 0 Å². The van der Waals surface area contributed by atoms with Crippen LogP contribution in [0.2, 0.25) is 15.1 Å². The zero-order chi connectivity index (χ0) is 20.8. The highest BCUT2D eigenvalue weighted by molar-refractivity contribution is 6.32. The Kier molecular flexibility index (Phi) is 8.64. The molecule has 0 fully saturated rings. The second-order valence-corrected chi connectivity index (χ2v) is 11.5. The minimum absolute atomic E-state index is 0.0758. The van der Waals surface area contributed by atoms with Crippen LogP contribution in [0.1, 0.15) is 45.7 Å². The van der Waals surface area contributed by atoms with Crippen molar-refractivity contribution in [3.8, 4) is 11.5 Å². The second-order valence-electron chi connectivity index (χ2n) is 7.95. The Labute approximate surface area is 173 Å². The van der Waals surface area contributed by atoms with E-state index in [9.17, 15) is 5.11 Å². The molecule has 4 nitrogen and oxygen atoms in total. The van der Waals surface area contributed by atoms with E-state index in [1.54, 1.807) is 24.3 Å². The third-order valence-electron chi connectivity index (χ3n) is 3.69. The van der Waals surface area contributed by atoms with Crippen LogP contribution >= 0.6 is 23.2 Å². The van der Waals surface area contributed by atoms with Crippen LogP contribution in [-0.2, 0) is 16.6 Å². The third-order valence-corrected chi connectivity index (χ3v) is 5.89. The molecule has 0 heterocycles. The maximum Gasteiger partial charge on any atom is 0.168 e. The van der Waals surface area contributed by atoms with Crippen molar-refractivity contribution in [1.82, 2.24) is 0 Å². The summed E-state index contributed by atoms with van der Waals surface area (Å²) in [5.74, 6) is 0.314. The van der Waals surface area contributed by atoms with Crippen molar-refractivity contribution in [2.24, 2.45) is 0 Å². The lowest BCUT2D eigenvalue weighted by molar-refractivity contribution is 0.106. The highest BCUT2D eigenvalue weighted by atomic mass is 35.5. The van der Waals surface area contributed by atoms with Gasteiger partial charge in [-0.25, -0.2) is 0 Å². The lowest BCUT2D eigenvalue weighted by Gasteiger charge is -2.31. The van der Waals surface area contributed by atoms with Crippen LogP contribution in [0, 0.1) is 0 Å². The fourth-order valence-electron chi connectivity index (χ4n) is 2.15. The van der Waals surface area contributed by atoms with Crippen LogP contribution in [0.4, 0.5) is 0 Å². The molecule has 0 aliphatic carbocycles. The molecule has 0 radical (unpaired) electrons. The van der Waals surface area contributed by atoms with Crippen LogP contribution in [-0.4, -0.2) is 25.1 Å². The summed E-state index contributed by atoms with van der Waals surface area (Å²) >= 11 is 11.5. The van der Waals surface area contributed by atoms with Crippen molar-refractivity contribution in [1.29, 1.82) is 0 Å². The largest absolute Gasteiger partial charge is 0.508 e. The van der Waals surface area contributed by atoms with Crippen molar-refractivity contribution in [2.75, 3.05) is 0 Å². The molecule has 27 heavy (non-hydrogen) atoms. The van der Waals surface area contributed by atoms with Gasteiger partial charge in [0.1, 0.15) is 11.5 Å². The standard InChI is InChI=1S/C13H21ClO2Si.C7H7ClO2/c1-12(2,3)17-16-13(4,5)10-8-9(14)6-7-11(10)15;8-6-1-2-7(10)5(3-6)4-9/h6-8,15H,17H2,1-5H3;1-3,9-10H,4H2. The number of aliphatic hydroxyl groups excluding tert-OH is 1. The van der Waals surface area contributed by atoms with Gasteiger partial charge in [0.05, 0.1) is 12.2 Å². The van der Waals surface area contributed by atoms with Crippen LogP contribution in [0.5, 0.6) is 11.5 Å². The molecule has 0 saturated carbocycles. The first-order chi connectivity index (χ1) is 12.4. The maximum atomic E-state index is 9.88. The number of benzene rings is 2. The zero-order valence-corrected chi connectivity index (χ0v) is 19.3. The number of aliphatic hydroxyl groups is 1. The van der Waals surface area contributed by atoms with Crippen LogP contribution in [0.15, 0.2) is 36.4 Å². The normalized spacial score (nSPS) is 12.1. The van der Waals surface area contributed by atoms with E-state index in [1.807, 2.05) is 13.8 Å². The maximum absolute atomic E-state index is 9.88. The van der Waals surface area contributed by atoms with Crippen molar-refractivity contribution >= 4 is 33.0 Å². The number of phenols is 2. The summed E-state index contributed by atoms with van der Waals surface area (Å²) in [6.07, 6.45) is 0. The van der Waals surface area contributed by atoms with E-state index in [0.29, 0.717) is 15.6 Å². The molecule has 0 aliphatic heterocycles. The van der Waals surface area contributed by atoms with Gasteiger partial charge in [0.25, 0.3) is 0 Å². The molecule has 0 amide bonds. The van der Waals surface area contributed by atoms with Gasteiger partial charge in [0.2, 0.25) is 0 Å². The van der Waals surface area contributed by atoms with Gasteiger partial charge in [-0.2, -0.15) is 0 Å². The average Bonchev–Trinajstić information content (AvgIpc) is 2.57. The summed E-state index contributed by atoms with van der Waals surface area (Å²) in [5.41, 5.74) is 0.711. The number of halogens is 2. The van der Waals surface area contributed by atoms with E-state index in [4.69, 9.17) is 37.8 Å². The van der Waals surface area contributed by atoms with Gasteiger partial charge in [-0.05, 0) is 55.3 Å². The molecule has 0 bridgehead atoms. The predicted molar refractivity (Wildman–Crippen MR) is 115 cm³/mol. The predicted octanol–water partition coefficient (Wildman–Crippen LogP) is 5.14. The molecule has 7 heteroatoms. The molecule has 0 spiro atoms. The van der Waals surface area contributed by atoms with Crippen molar-refractivity contribution in [3.05, 3.63) is 57.6 Å². The van der Waals surface area contributed by atoms with Gasteiger partial charge in [0, 0.05) is 21.2 Å². The molecule has 150 valence electrons. The molecule has 2 aromatic carbocycles. The van der Waals surface area contributed by atoms with E-state index < -0.39 is 15.4 Å². The number of aromatic hydroxyl groups is 2. The molecule has 0 aliphatic rings. The van der Waals surface area contributed by atoms with Crippen molar-refractivity contribution in [3.63, 3.8) is 0 Å². The molecule has 3 N–H and O–H groups in total. The van der Waals surface area contributed by atoms with Gasteiger partial charge in [0.15, 0.2) is 9.76 Å². The van der Waals surface area contributed by atoms with E-state index in [0.717, 1.165) is 5.56 Å². The van der Waals surface area contributed by atoms with E-state index in [-0.39, 0.29) is 23.1 Å². The van der Waals surface area contributed by atoms with Crippen molar-refractivity contribution < 1.29 is 19.7 Å². The first-order valence-electron chi connectivity index (χ1n) is 8.57. The Bertz CT molecular complexity index is 758. The Morgan fingerprint density at radius 1 is 0.889 bits per heavy atom. The fraction of sp³-hybridized carbons (Fsp3) is 0.400. The van der Waals surface area contributed by atoms with Gasteiger partial charge in [-0.3, -0.25) is 0 Å². The second kappa shape index (κ2) is 9.80. The summed E-state index contributed by atoms with van der Waals surface area (Å²) in [7, 11) is -0.681. The number of phenolic OH excluding ortho intramolecular Hbond substituents is 1. The van der Waals surface area contributed by atoms with E-state index >= 15 is 0 Å². The quantitative estimate of drug-likeness (QED) is 0.587. The van der Waals surface area contributed by atoms with Gasteiger partial charge in [-0.1, -0.05) is 44.0 Å². The molecule has 0 unspecified atom stereocenters. The summed E-state index contributed by atoms with van der Waals surface area (Å²) in [6.45, 7) is 10.3. The monoisotopic (exact) mass is 430 g/mol. The highest BCUT2D eigenvalue weighted by Gasteiger charge is 2.27. The van der Waals surface area contributed by atoms with Crippen molar-refractivity contribution in [2.45, 2.75) is 51.9 Å². The first kappa shape index (κ1) is 23.8. The molecular formula is C20H28Cl2O4Si. The van der Waals surface area contributed by atoms with Gasteiger partial charge < -0.3 is 19.7 Å². The zero-order valence-electron chi connectivity index (χ0n) is 16.4. The Balaban J connectivity index is 0.000000309. The van der Waals surface area contributed by atoms with Gasteiger partial charge >= 0.3 is 0 Å². The smallest absolute Gasteiger partial charge is 0.168 e. The number of hydrogen-bond donors (Lipinski definition) is 3. The summed E-state index contributed by atoms with van der Waals surface area (Å²) in [6, 6.07) is 9.61. The summed E-state index contributed by atoms with van der Waals surface area (Å²) < 4.78 is 6.04. The Morgan fingerprint density at radius 3 is 1.89 bits per heavy atom. The number of hydrogen-bond acceptors (Lipinski definition) is 4. The highest BCUT2D eigenvalue weighted by Crippen LogP contribution is 2.35. The van der Waals surface area contributed by atoms with Gasteiger partial charge in [-0.15, -0.1) is 0 Å². The molecule has 0 atom stereocenters. The topological polar surface area (TPSA) is 69.9 Å². The summed E-state index contributed by atoms with van der Waals surface area (Å²) in [4.78, 5) is 0. The van der Waals surface area contributed by atoms with Crippen LogP contribution in [0.3, 0.4) is 0 Å². The van der Waals surface area contributed by atoms with E-state index in [2.05, 4.69) is 20.8 Å².